The zero-order chi connectivity index (χ0) is 26.5. The first-order valence-corrected chi connectivity index (χ1v) is 10.9. The number of hydrogen-bond acceptors (Lipinski definition) is 5. The largest absolute Gasteiger partial charge is 0.492 e. The Labute approximate surface area is 207 Å². The number of alkyl halides is 2. The summed E-state index contributed by atoms with van der Waals surface area (Å²) in [5.74, 6) is -2.32. The molecule has 1 heterocycles. The van der Waals surface area contributed by atoms with Crippen molar-refractivity contribution in [3.63, 3.8) is 0 Å². The first-order valence-electron chi connectivity index (χ1n) is 10.9. The molecule has 36 heavy (non-hydrogen) atoms. The number of amides is 2. The molecule has 3 rings (SSSR count). The number of anilines is 2. The maximum absolute atomic E-state index is 13.4. The third-order valence-electron chi connectivity index (χ3n) is 5.20. The summed E-state index contributed by atoms with van der Waals surface area (Å²) in [6.07, 6.45) is 2.41. The van der Waals surface area contributed by atoms with Crippen LogP contribution in [0.15, 0.2) is 67.4 Å². The van der Waals surface area contributed by atoms with Gasteiger partial charge in [-0.2, -0.15) is 0 Å². The highest BCUT2D eigenvalue weighted by Gasteiger charge is 2.27. The van der Waals surface area contributed by atoms with Crippen molar-refractivity contribution in [3.8, 4) is 17.2 Å². The van der Waals surface area contributed by atoms with E-state index in [0.717, 1.165) is 6.92 Å². The summed E-state index contributed by atoms with van der Waals surface area (Å²) in [4.78, 5) is 26.5. The van der Waals surface area contributed by atoms with E-state index in [2.05, 4.69) is 11.9 Å². The lowest BCUT2D eigenvalue weighted by atomic mass is 10.1. The summed E-state index contributed by atoms with van der Waals surface area (Å²) >= 11 is 0. The van der Waals surface area contributed by atoms with E-state index in [9.17, 15) is 18.4 Å². The zero-order valence-electron chi connectivity index (χ0n) is 20.4. The summed E-state index contributed by atoms with van der Waals surface area (Å²) in [6, 6.07) is 12.1. The molecule has 0 bridgehead atoms. The minimum atomic E-state index is -2.93. The van der Waals surface area contributed by atoms with Gasteiger partial charge in [0.05, 0.1) is 7.11 Å². The number of methoxy groups -OCH3 is 1. The van der Waals surface area contributed by atoms with Crippen LogP contribution in [0.5, 0.6) is 17.2 Å². The predicted molar refractivity (Wildman–Crippen MR) is 132 cm³/mol. The number of nitrogens with zero attached hydrogens (tertiary/aromatic N) is 2. The van der Waals surface area contributed by atoms with Crippen molar-refractivity contribution in [2.45, 2.75) is 12.8 Å². The zero-order valence-corrected chi connectivity index (χ0v) is 20.4. The fourth-order valence-electron chi connectivity index (χ4n) is 3.37. The summed E-state index contributed by atoms with van der Waals surface area (Å²) in [5.41, 5.74) is 0.933. The van der Waals surface area contributed by atoms with Crippen LogP contribution in [0, 0.1) is 0 Å². The molecule has 0 fully saturated rings. The number of hydrogen-bond donors (Lipinski definition) is 1. The van der Waals surface area contributed by atoms with Gasteiger partial charge < -0.3 is 24.1 Å². The van der Waals surface area contributed by atoms with Gasteiger partial charge in [-0.1, -0.05) is 12.7 Å². The average Bonchev–Trinajstić information content (AvgIpc) is 3.19. The van der Waals surface area contributed by atoms with Crippen molar-refractivity contribution in [1.29, 1.82) is 0 Å². The van der Waals surface area contributed by atoms with E-state index in [1.807, 2.05) is 0 Å². The molecule has 2 amide bonds. The van der Waals surface area contributed by atoms with Gasteiger partial charge in [0.1, 0.15) is 23.8 Å². The topological polar surface area (TPSA) is 82.0 Å². The van der Waals surface area contributed by atoms with Gasteiger partial charge in [-0.05, 0) is 48.5 Å². The SMILES string of the molecule is C=CCOC(=O)N(C)c1cn(C)c(C(=O)Nc2ccc(Oc3ccc(C(C)(F)F)cc3)cc2)c1OC. The Kier molecular flexibility index (Phi) is 7.98. The van der Waals surface area contributed by atoms with Gasteiger partial charge in [0, 0.05) is 38.5 Å². The Morgan fingerprint density at radius 2 is 1.69 bits per heavy atom. The van der Waals surface area contributed by atoms with Gasteiger partial charge in [-0.25, -0.2) is 13.6 Å². The minimum absolute atomic E-state index is 0.0470. The quantitative estimate of drug-likeness (QED) is 0.368. The van der Waals surface area contributed by atoms with Crippen LogP contribution < -0.4 is 19.7 Å². The van der Waals surface area contributed by atoms with Gasteiger partial charge in [0.25, 0.3) is 11.8 Å². The molecule has 10 heteroatoms. The van der Waals surface area contributed by atoms with Crippen LogP contribution in [0.4, 0.5) is 25.0 Å². The first kappa shape index (κ1) is 26.3. The highest BCUT2D eigenvalue weighted by molar-refractivity contribution is 6.07. The van der Waals surface area contributed by atoms with Gasteiger partial charge in [0.15, 0.2) is 11.4 Å². The molecule has 1 N–H and O–H groups in total. The molecular weight excluding hydrogens is 472 g/mol. The molecule has 0 atom stereocenters. The molecule has 8 nitrogen and oxygen atoms in total. The molecule has 0 aliphatic rings. The van der Waals surface area contributed by atoms with Crippen molar-refractivity contribution in [1.82, 2.24) is 4.57 Å². The Morgan fingerprint density at radius 3 is 2.22 bits per heavy atom. The second-order valence-corrected chi connectivity index (χ2v) is 7.93. The number of carbonyl (C=O) groups excluding carboxylic acids is 2. The average molecular weight is 500 g/mol. The van der Waals surface area contributed by atoms with Crippen LogP contribution in [0.1, 0.15) is 23.0 Å². The molecule has 190 valence electrons. The van der Waals surface area contributed by atoms with Crippen molar-refractivity contribution in [2.24, 2.45) is 7.05 Å². The third kappa shape index (κ3) is 6.01. The highest BCUT2D eigenvalue weighted by atomic mass is 19.3. The maximum atomic E-state index is 13.4. The van der Waals surface area contributed by atoms with E-state index in [1.165, 1.54) is 49.4 Å². The lowest BCUT2D eigenvalue weighted by Gasteiger charge is -2.16. The second kappa shape index (κ2) is 10.9. The number of aromatic nitrogens is 1. The maximum Gasteiger partial charge on any atom is 0.414 e. The lowest BCUT2D eigenvalue weighted by molar-refractivity contribution is 0.0174. The van der Waals surface area contributed by atoms with Gasteiger partial charge in [0.2, 0.25) is 0 Å². The standard InChI is InChI=1S/C26H27F2N3O5/c1-6-15-35-25(33)31(4)21-16-30(3)22(23(21)34-5)24(32)29-18-9-13-20(14-10-18)36-19-11-7-17(8-12-19)26(2,27)28/h6-14,16H,1,15H2,2-5H3,(H,29,32). The van der Waals surface area contributed by atoms with Gasteiger partial charge >= 0.3 is 6.09 Å². The van der Waals surface area contributed by atoms with Crippen LogP contribution in [0.2, 0.25) is 0 Å². The predicted octanol–water partition coefficient (Wildman–Crippen LogP) is 5.95. The number of ether oxygens (including phenoxy) is 3. The number of halogens is 2. The fraction of sp³-hybridized carbons (Fsp3) is 0.231. The number of rotatable bonds is 9. The Balaban J connectivity index is 1.71. The van der Waals surface area contributed by atoms with E-state index in [-0.39, 0.29) is 23.6 Å². The number of benzene rings is 2. The molecule has 0 spiro atoms. The van der Waals surface area contributed by atoms with Crippen molar-refractivity contribution >= 4 is 23.4 Å². The highest BCUT2D eigenvalue weighted by Crippen LogP contribution is 2.34. The summed E-state index contributed by atoms with van der Waals surface area (Å²) in [7, 11) is 4.56. The smallest absolute Gasteiger partial charge is 0.414 e. The summed E-state index contributed by atoms with van der Waals surface area (Å²) in [6.45, 7) is 4.39. The molecule has 0 aliphatic carbocycles. The molecule has 0 saturated carbocycles. The van der Waals surface area contributed by atoms with E-state index in [0.29, 0.717) is 22.9 Å². The first-order chi connectivity index (χ1) is 17.0. The number of carbonyl (C=O) groups is 2. The monoisotopic (exact) mass is 499 g/mol. The molecule has 0 saturated heterocycles. The van der Waals surface area contributed by atoms with Crippen LogP contribution in [-0.4, -0.2) is 37.3 Å². The van der Waals surface area contributed by atoms with Crippen LogP contribution >= 0.6 is 0 Å². The lowest BCUT2D eigenvalue weighted by Crippen LogP contribution is -2.27. The van der Waals surface area contributed by atoms with Crippen LogP contribution in [-0.2, 0) is 17.7 Å². The van der Waals surface area contributed by atoms with Crippen molar-refractivity contribution in [2.75, 3.05) is 31.0 Å². The second-order valence-electron chi connectivity index (χ2n) is 7.93. The van der Waals surface area contributed by atoms with Gasteiger partial charge in [-0.3, -0.25) is 9.69 Å². The fourth-order valence-corrected chi connectivity index (χ4v) is 3.37. The van der Waals surface area contributed by atoms with Gasteiger partial charge in [-0.15, -0.1) is 0 Å². The molecule has 1 aromatic heterocycles. The third-order valence-corrected chi connectivity index (χ3v) is 5.20. The van der Waals surface area contributed by atoms with E-state index in [1.54, 1.807) is 42.1 Å². The Morgan fingerprint density at radius 1 is 1.11 bits per heavy atom. The molecule has 0 aliphatic heterocycles. The van der Waals surface area contributed by atoms with Crippen molar-refractivity contribution in [3.05, 3.63) is 78.6 Å². The normalized spacial score (nSPS) is 10.9. The number of aryl methyl sites for hydroxylation is 1. The summed E-state index contributed by atoms with van der Waals surface area (Å²) < 4.78 is 44.4. The van der Waals surface area contributed by atoms with E-state index in [4.69, 9.17) is 14.2 Å². The Bertz CT molecular complexity index is 1230. The Hall–Kier alpha value is -4.34. The van der Waals surface area contributed by atoms with Crippen LogP contribution in [0.3, 0.4) is 0 Å². The molecule has 3 aromatic rings. The molecule has 0 unspecified atom stereocenters. The minimum Gasteiger partial charge on any atom is -0.492 e. The van der Waals surface area contributed by atoms with E-state index >= 15 is 0 Å². The van der Waals surface area contributed by atoms with Crippen molar-refractivity contribution < 1.29 is 32.6 Å². The summed E-state index contributed by atoms with van der Waals surface area (Å²) in [5, 5.41) is 2.78. The number of nitrogens with one attached hydrogen (secondary N) is 1. The van der Waals surface area contributed by atoms with E-state index < -0.39 is 17.9 Å². The molecule has 0 radical (unpaired) electrons. The molecular formula is C26H27F2N3O5. The molecule has 2 aromatic carbocycles. The van der Waals surface area contributed by atoms with Crippen LogP contribution in [0.25, 0.3) is 0 Å².